The third-order valence-electron chi connectivity index (χ3n) is 2.08. The fourth-order valence-electron chi connectivity index (χ4n) is 1.07. The van der Waals surface area contributed by atoms with E-state index in [1.807, 2.05) is 0 Å². The molecule has 18 heavy (non-hydrogen) atoms. The van der Waals surface area contributed by atoms with Crippen LogP contribution in [-0.4, -0.2) is 24.3 Å². The van der Waals surface area contributed by atoms with Crippen LogP contribution in [0, 0.1) is 5.82 Å². The molecule has 1 aromatic carbocycles. The second-order valence-electron chi connectivity index (χ2n) is 3.46. The second kappa shape index (κ2) is 7.23. The number of benzene rings is 1. The number of hydrogen-bond acceptors (Lipinski definition) is 3. The molecule has 0 aromatic heterocycles. The molecule has 0 amide bonds. The van der Waals surface area contributed by atoms with Crippen molar-refractivity contribution in [3.63, 3.8) is 0 Å². The van der Waals surface area contributed by atoms with Gasteiger partial charge < -0.3 is 15.2 Å². The van der Waals surface area contributed by atoms with Crippen LogP contribution in [0.5, 0.6) is 5.75 Å². The number of hydrogen-bond donors (Lipinski definition) is 1. The van der Waals surface area contributed by atoms with E-state index in [2.05, 4.69) is 15.9 Å². The van der Waals surface area contributed by atoms with Gasteiger partial charge in [0.1, 0.15) is 29.3 Å². The van der Waals surface area contributed by atoms with Crippen LogP contribution in [0.2, 0.25) is 5.02 Å². The average Bonchev–Trinajstić information content (AvgIpc) is 2.30. The molecule has 0 heterocycles. The first-order valence-electron chi connectivity index (χ1n) is 5.10. The first-order valence-corrected chi connectivity index (χ1v) is 6.68. The molecule has 0 aliphatic carbocycles. The molecule has 0 bridgehead atoms. The highest BCUT2D eigenvalue weighted by atomic mass is 79.9. The summed E-state index contributed by atoms with van der Waals surface area (Å²) in [7, 11) is 0. The highest BCUT2D eigenvalue weighted by molar-refractivity contribution is 9.10. The lowest BCUT2D eigenvalue weighted by Crippen LogP contribution is -2.27. The number of halogens is 3. The summed E-state index contributed by atoms with van der Waals surface area (Å²) >= 11 is 13.6. The van der Waals surface area contributed by atoms with Gasteiger partial charge in [0.2, 0.25) is 0 Å². The summed E-state index contributed by atoms with van der Waals surface area (Å²) in [5, 5.41) is 0.0348. The summed E-state index contributed by atoms with van der Waals surface area (Å²) in [6.07, 6.45) is -0.311. The van der Waals surface area contributed by atoms with Crippen molar-refractivity contribution in [2.45, 2.75) is 13.0 Å². The zero-order valence-corrected chi connectivity index (χ0v) is 12.7. The zero-order valence-electron chi connectivity index (χ0n) is 9.58. The lowest BCUT2D eigenvalue weighted by Gasteiger charge is -2.13. The third kappa shape index (κ3) is 4.68. The molecule has 0 fully saturated rings. The molecule has 100 valence electrons. The maximum atomic E-state index is 13.2. The van der Waals surface area contributed by atoms with Gasteiger partial charge in [-0.3, -0.25) is 0 Å². The largest absolute Gasteiger partial charge is 0.490 e. The van der Waals surface area contributed by atoms with Crippen molar-refractivity contribution in [1.82, 2.24) is 0 Å². The van der Waals surface area contributed by atoms with Gasteiger partial charge in [-0.1, -0.05) is 23.8 Å². The highest BCUT2D eigenvalue weighted by Crippen LogP contribution is 2.30. The van der Waals surface area contributed by atoms with Gasteiger partial charge >= 0.3 is 0 Å². The lowest BCUT2D eigenvalue weighted by molar-refractivity contribution is 0.0807. The molecule has 2 N–H and O–H groups in total. The van der Waals surface area contributed by atoms with E-state index in [-0.39, 0.29) is 22.7 Å². The van der Waals surface area contributed by atoms with E-state index in [0.29, 0.717) is 16.8 Å². The van der Waals surface area contributed by atoms with Crippen LogP contribution in [0.3, 0.4) is 0 Å². The minimum atomic E-state index is -0.535. The van der Waals surface area contributed by atoms with Crippen LogP contribution in [0.15, 0.2) is 16.6 Å². The Morgan fingerprint density at radius 3 is 2.83 bits per heavy atom. The minimum absolute atomic E-state index is 0.0348. The number of thiocarbonyl (C=S) groups is 1. The van der Waals surface area contributed by atoms with Gasteiger partial charge in [-0.15, -0.1) is 0 Å². The Bertz CT molecular complexity index is 447. The van der Waals surface area contributed by atoms with E-state index >= 15 is 0 Å². The van der Waals surface area contributed by atoms with E-state index in [0.717, 1.165) is 0 Å². The fourth-order valence-corrected chi connectivity index (χ4v) is 1.89. The SMILES string of the molecule is CC(OCCOc1cc(F)c(Cl)cc1Br)C(N)=S. The van der Waals surface area contributed by atoms with Crippen LogP contribution < -0.4 is 10.5 Å². The Labute approximate surface area is 124 Å². The molecule has 0 saturated heterocycles. The molecule has 3 nitrogen and oxygen atoms in total. The van der Waals surface area contributed by atoms with Gasteiger partial charge in [0, 0.05) is 6.07 Å². The molecule has 0 spiro atoms. The quantitative estimate of drug-likeness (QED) is 0.482. The Morgan fingerprint density at radius 1 is 1.56 bits per heavy atom. The number of ether oxygens (including phenoxy) is 2. The highest BCUT2D eigenvalue weighted by Gasteiger charge is 2.09. The van der Waals surface area contributed by atoms with Crippen LogP contribution in [-0.2, 0) is 4.74 Å². The molecule has 0 aliphatic rings. The van der Waals surface area contributed by atoms with E-state index in [9.17, 15) is 4.39 Å². The van der Waals surface area contributed by atoms with Gasteiger partial charge in [-0.2, -0.15) is 0 Å². The van der Waals surface area contributed by atoms with Crippen molar-refractivity contribution in [3.05, 3.63) is 27.4 Å². The predicted molar refractivity (Wildman–Crippen MR) is 76.8 cm³/mol. The van der Waals surface area contributed by atoms with Crippen molar-refractivity contribution in [2.24, 2.45) is 5.73 Å². The van der Waals surface area contributed by atoms with Crippen molar-refractivity contribution in [2.75, 3.05) is 13.2 Å². The maximum Gasteiger partial charge on any atom is 0.145 e. The Morgan fingerprint density at radius 2 is 2.22 bits per heavy atom. The van der Waals surface area contributed by atoms with Crippen molar-refractivity contribution >= 4 is 44.7 Å². The maximum absolute atomic E-state index is 13.2. The zero-order chi connectivity index (χ0) is 13.7. The Hall–Kier alpha value is -0.430. The standard InChI is InChI=1S/C11H12BrClFNO2S/c1-6(11(15)18)16-2-3-17-10-5-9(14)8(13)4-7(10)12/h4-6H,2-3H2,1H3,(H2,15,18). The molecule has 0 aliphatic heterocycles. The molecule has 7 heteroatoms. The second-order valence-corrected chi connectivity index (χ2v) is 5.19. The summed E-state index contributed by atoms with van der Waals surface area (Å²) in [6.45, 7) is 2.31. The molecule has 1 rings (SSSR count). The van der Waals surface area contributed by atoms with Crippen molar-refractivity contribution in [1.29, 1.82) is 0 Å². The number of rotatable bonds is 6. The van der Waals surface area contributed by atoms with E-state index in [1.165, 1.54) is 12.1 Å². The molecule has 1 aromatic rings. The average molecular weight is 357 g/mol. The third-order valence-corrected chi connectivity index (χ3v) is 3.33. The van der Waals surface area contributed by atoms with E-state index < -0.39 is 5.82 Å². The summed E-state index contributed by atoms with van der Waals surface area (Å²) in [5.74, 6) is -0.171. The first-order chi connectivity index (χ1) is 8.41. The molecule has 0 saturated carbocycles. The van der Waals surface area contributed by atoms with Gasteiger partial charge in [0.15, 0.2) is 0 Å². The van der Waals surface area contributed by atoms with E-state index in [1.54, 1.807) is 6.92 Å². The van der Waals surface area contributed by atoms with Crippen LogP contribution in [0.25, 0.3) is 0 Å². The van der Waals surface area contributed by atoms with Crippen molar-refractivity contribution < 1.29 is 13.9 Å². The van der Waals surface area contributed by atoms with Crippen LogP contribution >= 0.6 is 39.7 Å². The van der Waals surface area contributed by atoms with Crippen molar-refractivity contribution in [3.8, 4) is 5.75 Å². The smallest absolute Gasteiger partial charge is 0.145 e. The summed E-state index contributed by atoms with van der Waals surface area (Å²) in [4.78, 5) is 0.286. The minimum Gasteiger partial charge on any atom is -0.490 e. The summed E-state index contributed by atoms with van der Waals surface area (Å²) in [6, 6.07) is 2.65. The Balaban J connectivity index is 2.45. The van der Waals surface area contributed by atoms with Gasteiger partial charge in [0.05, 0.1) is 16.1 Å². The Kier molecular flexibility index (Phi) is 6.28. The predicted octanol–water partition coefficient (Wildman–Crippen LogP) is 3.31. The number of nitrogens with two attached hydrogens (primary N) is 1. The van der Waals surface area contributed by atoms with Gasteiger partial charge in [-0.25, -0.2) is 4.39 Å². The molecular formula is C11H12BrClFNO2S. The van der Waals surface area contributed by atoms with Crippen LogP contribution in [0.4, 0.5) is 4.39 Å². The summed E-state index contributed by atoms with van der Waals surface area (Å²) < 4.78 is 24.4. The van der Waals surface area contributed by atoms with Gasteiger partial charge in [-0.05, 0) is 28.9 Å². The van der Waals surface area contributed by atoms with Gasteiger partial charge in [0.25, 0.3) is 0 Å². The van der Waals surface area contributed by atoms with Crippen LogP contribution in [0.1, 0.15) is 6.92 Å². The fraction of sp³-hybridized carbons (Fsp3) is 0.364. The molecule has 0 radical (unpaired) electrons. The monoisotopic (exact) mass is 355 g/mol. The molecule has 1 unspecified atom stereocenters. The topological polar surface area (TPSA) is 44.5 Å². The first kappa shape index (κ1) is 15.6. The molecular weight excluding hydrogens is 345 g/mol. The van der Waals surface area contributed by atoms with E-state index in [4.69, 9.17) is 39.0 Å². The lowest BCUT2D eigenvalue weighted by atomic mass is 10.3. The summed E-state index contributed by atoms with van der Waals surface area (Å²) in [5.41, 5.74) is 5.38. The normalized spacial score (nSPS) is 12.2. The molecule has 1 atom stereocenters.